The Kier molecular flexibility index (Phi) is 2.91. The molecule has 1 aromatic carbocycles. The Bertz CT molecular complexity index is 425. The zero-order chi connectivity index (χ0) is 12.6. The third kappa shape index (κ3) is 1.72. The van der Waals surface area contributed by atoms with E-state index in [9.17, 15) is 5.11 Å². The Hall–Kier alpha value is -1.42. The Morgan fingerprint density at radius 3 is 2.35 bits per heavy atom. The molecule has 0 aromatic heterocycles. The lowest BCUT2D eigenvalue weighted by Crippen LogP contribution is -2.32. The lowest BCUT2D eigenvalue weighted by Gasteiger charge is -2.24. The molecular weight excluding hydrogens is 218 g/mol. The van der Waals surface area contributed by atoms with Crippen molar-refractivity contribution in [3.63, 3.8) is 0 Å². The predicted molar refractivity (Wildman–Crippen MR) is 65.8 cm³/mol. The van der Waals surface area contributed by atoms with Gasteiger partial charge in [0.1, 0.15) is 5.75 Å². The molecule has 0 radical (unpaired) electrons. The number of rotatable bonds is 4. The summed E-state index contributed by atoms with van der Waals surface area (Å²) in [5.74, 6) is 1.46. The molecule has 1 unspecified atom stereocenters. The van der Waals surface area contributed by atoms with E-state index in [-0.39, 0.29) is 17.2 Å². The fraction of sp³-hybridized carbons (Fsp3) is 0.538. The van der Waals surface area contributed by atoms with E-state index in [1.807, 2.05) is 6.92 Å². The second-order valence-electron chi connectivity index (χ2n) is 4.64. The summed E-state index contributed by atoms with van der Waals surface area (Å²) in [5, 5.41) is 10.1. The van der Waals surface area contributed by atoms with Crippen LogP contribution in [-0.4, -0.2) is 25.4 Å². The maximum absolute atomic E-state index is 10.1. The molecule has 3 N–H and O–H groups in total. The third-order valence-electron chi connectivity index (χ3n) is 3.68. The summed E-state index contributed by atoms with van der Waals surface area (Å²) in [6, 6.07) is 3.32. The molecule has 1 atom stereocenters. The Balaban J connectivity index is 2.59. The van der Waals surface area contributed by atoms with E-state index in [0.717, 1.165) is 18.4 Å². The number of aromatic hydroxyl groups is 1. The van der Waals surface area contributed by atoms with E-state index in [4.69, 9.17) is 15.2 Å². The number of phenolic OH excluding ortho intramolecular Hbond substituents is 1. The molecule has 0 aliphatic heterocycles. The average Bonchev–Trinajstić information content (AvgIpc) is 3.09. The minimum Gasteiger partial charge on any atom is -0.508 e. The van der Waals surface area contributed by atoms with Crippen molar-refractivity contribution in [1.82, 2.24) is 0 Å². The van der Waals surface area contributed by atoms with Crippen LogP contribution in [0.15, 0.2) is 12.1 Å². The Morgan fingerprint density at radius 1 is 1.29 bits per heavy atom. The highest BCUT2D eigenvalue weighted by atomic mass is 16.5. The van der Waals surface area contributed by atoms with Gasteiger partial charge in [0.05, 0.1) is 14.2 Å². The van der Waals surface area contributed by atoms with Gasteiger partial charge in [-0.3, -0.25) is 0 Å². The van der Waals surface area contributed by atoms with Crippen LogP contribution in [0.4, 0.5) is 0 Å². The van der Waals surface area contributed by atoms with E-state index in [1.54, 1.807) is 26.4 Å². The fourth-order valence-corrected chi connectivity index (χ4v) is 2.47. The van der Waals surface area contributed by atoms with Gasteiger partial charge in [0, 0.05) is 17.0 Å². The molecule has 2 rings (SSSR count). The van der Waals surface area contributed by atoms with Gasteiger partial charge in [-0.05, 0) is 31.9 Å². The van der Waals surface area contributed by atoms with E-state index in [1.165, 1.54) is 0 Å². The van der Waals surface area contributed by atoms with Crippen molar-refractivity contribution in [1.29, 1.82) is 0 Å². The van der Waals surface area contributed by atoms with Gasteiger partial charge in [0.15, 0.2) is 11.5 Å². The monoisotopic (exact) mass is 237 g/mol. The van der Waals surface area contributed by atoms with Crippen molar-refractivity contribution in [3.8, 4) is 17.2 Å². The summed E-state index contributed by atoms with van der Waals surface area (Å²) in [7, 11) is 3.17. The molecule has 17 heavy (non-hydrogen) atoms. The zero-order valence-electron chi connectivity index (χ0n) is 10.5. The lowest BCUT2D eigenvalue weighted by molar-refractivity contribution is 0.339. The maximum atomic E-state index is 10.1. The van der Waals surface area contributed by atoms with Crippen LogP contribution >= 0.6 is 0 Å². The van der Waals surface area contributed by atoms with Crippen LogP contribution in [0.3, 0.4) is 0 Å². The number of benzene rings is 1. The molecule has 0 saturated heterocycles. The number of hydrogen-bond acceptors (Lipinski definition) is 4. The van der Waals surface area contributed by atoms with Gasteiger partial charge in [0.2, 0.25) is 0 Å². The van der Waals surface area contributed by atoms with Gasteiger partial charge in [-0.15, -0.1) is 0 Å². The van der Waals surface area contributed by atoms with E-state index >= 15 is 0 Å². The van der Waals surface area contributed by atoms with Crippen LogP contribution in [0.2, 0.25) is 0 Å². The summed E-state index contributed by atoms with van der Waals surface area (Å²) in [6.07, 6.45) is 1.95. The van der Waals surface area contributed by atoms with Gasteiger partial charge in [0.25, 0.3) is 0 Å². The highest BCUT2D eigenvalue weighted by Gasteiger charge is 2.51. The largest absolute Gasteiger partial charge is 0.508 e. The molecule has 1 aromatic rings. The first-order valence-corrected chi connectivity index (χ1v) is 5.77. The Labute approximate surface area is 101 Å². The van der Waals surface area contributed by atoms with Crippen LogP contribution in [-0.2, 0) is 5.41 Å². The van der Waals surface area contributed by atoms with Crippen LogP contribution in [0.5, 0.6) is 17.2 Å². The smallest absolute Gasteiger partial charge is 0.168 e. The fourth-order valence-electron chi connectivity index (χ4n) is 2.47. The SMILES string of the molecule is COc1ccc(O)c(C2(C(C)N)CC2)c1OC. The first kappa shape index (κ1) is 12.0. The summed E-state index contributed by atoms with van der Waals surface area (Å²) < 4.78 is 10.6. The van der Waals surface area contributed by atoms with Crippen molar-refractivity contribution < 1.29 is 14.6 Å². The van der Waals surface area contributed by atoms with Crippen LogP contribution in [0.25, 0.3) is 0 Å². The third-order valence-corrected chi connectivity index (χ3v) is 3.68. The summed E-state index contributed by atoms with van der Waals surface area (Å²) in [5.41, 5.74) is 6.66. The van der Waals surface area contributed by atoms with Crippen molar-refractivity contribution >= 4 is 0 Å². The first-order valence-electron chi connectivity index (χ1n) is 5.77. The predicted octanol–water partition coefficient (Wildman–Crippen LogP) is 1.79. The average molecular weight is 237 g/mol. The second-order valence-corrected chi connectivity index (χ2v) is 4.64. The lowest BCUT2D eigenvalue weighted by atomic mass is 9.87. The highest BCUT2D eigenvalue weighted by molar-refractivity contribution is 5.59. The summed E-state index contributed by atoms with van der Waals surface area (Å²) >= 11 is 0. The molecule has 1 saturated carbocycles. The molecule has 0 bridgehead atoms. The molecule has 0 amide bonds. The van der Waals surface area contributed by atoms with E-state index < -0.39 is 0 Å². The molecule has 0 spiro atoms. The van der Waals surface area contributed by atoms with Crippen molar-refractivity contribution in [2.45, 2.75) is 31.2 Å². The van der Waals surface area contributed by atoms with Gasteiger partial charge >= 0.3 is 0 Å². The van der Waals surface area contributed by atoms with Gasteiger partial charge in [-0.1, -0.05) is 0 Å². The maximum Gasteiger partial charge on any atom is 0.168 e. The summed E-state index contributed by atoms with van der Waals surface area (Å²) in [6.45, 7) is 1.96. The topological polar surface area (TPSA) is 64.7 Å². The normalized spacial score (nSPS) is 18.6. The zero-order valence-corrected chi connectivity index (χ0v) is 10.5. The number of hydrogen-bond donors (Lipinski definition) is 2. The first-order chi connectivity index (χ1) is 8.06. The molecular formula is C13H19NO3. The number of methoxy groups -OCH3 is 2. The van der Waals surface area contributed by atoms with Crippen LogP contribution in [0.1, 0.15) is 25.3 Å². The van der Waals surface area contributed by atoms with Gasteiger partial charge in [-0.25, -0.2) is 0 Å². The van der Waals surface area contributed by atoms with Gasteiger partial charge < -0.3 is 20.3 Å². The molecule has 1 aliphatic carbocycles. The van der Waals surface area contributed by atoms with Crippen LogP contribution < -0.4 is 15.2 Å². The summed E-state index contributed by atoms with van der Waals surface area (Å²) in [4.78, 5) is 0. The minimum atomic E-state index is -0.163. The molecule has 4 heteroatoms. The van der Waals surface area contributed by atoms with Crippen molar-refractivity contribution in [2.75, 3.05) is 14.2 Å². The number of phenols is 1. The molecule has 94 valence electrons. The number of nitrogens with two attached hydrogens (primary N) is 1. The van der Waals surface area contributed by atoms with Crippen molar-refractivity contribution in [2.24, 2.45) is 5.73 Å². The van der Waals surface area contributed by atoms with E-state index in [2.05, 4.69) is 0 Å². The van der Waals surface area contributed by atoms with Gasteiger partial charge in [-0.2, -0.15) is 0 Å². The quantitative estimate of drug-likeness (QED) is 0.838. The second kappa shape index (κ2) is 4.11. The number of ether oxygens (including phenoxy) is 2. The minimum absolute atomic E-state index is 0.0191. The molecule has 1 fully saturated rings. The standard InChI is InChI=1S/C13H19NO3/c1-8(14)13(6-7-13)11-9(15)4-5-10(16-2)12(11)17-3/h4-5,8,15H,6-7,14H2,1-3H3. The molecule has 4 nitrogen and oxygen atoms in total. The van der Waals surface area contributed by atoms with Crippen LogP contribution in [0, 0.1) is 0 Å². The van der Waals surface area contributed by atoms with Crippen molar-refractivity contribution in [3.05, 3.63) is 17.7 Å². The van der Waals surface area contributed by atoms with E-state index in [0.29, 0.717) is 11.5 Å². The highest BCUT2D eigenvalue weighted by Crippen LogP contribution is 2.57. The Morgan fingerprint density at radius 2 is 1.94 bits per heavy atom. The molecule has 0 heterocycles. The molecule has 1 aliphatic rings.